The molecule has 4 fully saturated rings. The summed E-state index contributed by atoms with van der Waals surface area (Å²) in [6.07, 6.45) is 4.39. The number of halogens is 2. The Balaban J connectivity index is 1.28. The number of aromatic nitrogens is 3. The number of ether oxygens (including phenoxy) is 2. The number of nitrogens with zero attached hydrogens (tertiary/aromatic N) is 6. The van der Waals surface area contributed by atoms with Crippen LogP contribution in [0.4, 0.5) is 19.4 Å². The summed E-state index contributed by atoms with van der Waals surface area (Å²) in [5.74, 6) is -0.00299. The molecule has 2 bridgehead atoms. The van der Waals surface area contributed by atoms with Gasteiger partial charge < -0.3 is 14.4 Å². The van der Waals surface area contributed by atoms with Crippen molar-refractivity contribution in [2.75, 3.05) is 37.7 Å². The fourth-order valence-electron chi connectivity index (χ4n) is 8.19. The van der Waals surface area contributed by atoms with Gasteiger partial charge in [-0.2, -0.15) is 9.97 Å². The Morgan fingerprint density at radius 3 is 2.47 bits per heavy atom. The summed E-state index contributed by atoms with van der Waals surface area (Å²) in [5, 5.41) is 0.488. The van der Waals surface area contributed by atoms with Gasteiger partial charge in [0.15, 0.2) is 5.82 Å². The number of carbonyl (C=O) groups is 1. The summed E-state index contributed by atoms with van der Waals surface area (Å²) in [4.78, 5) is 33.5. The average Bonchev–Trinajstić information content (AvgIpc) is 3.61. The van der Waals surface area contributed by atoms with Gasteiger partial charge in [-0.25, -0.2) is 13.6 Å². The largest absolute Gasteiger partial charge is 0.461 e. The monoisotopic (exact) mass is 648 g/mol. The molecule has 2 aromatic heterocycles. The van der Waals surface area contributed by atoms with Gasteiger partial charge in [-0.15, -0.1) is 0 Å². The second-order valence-electron chi connectivity index (χ2n) is 15.9. The molecule has 0 aliphatic carbocycles. The van der Waals surface area contributed by atoms with Gasteiger partial charge in [0.1, 0.15) is 35.4 Å². The van der Waals surface area contributed by atoms with E-state index in [0.29, 0.717) is 42.8 Å². The van der Waals surface area contributed by atoms with Crippen LogP contribution in [-0.2, 0) is 10.2 Å². The minimum Gasteiger partial charge on any atom is -0.461 e. The van der Waals surface area contributed by atoms with Crippen molar-refractivity contribution in [3.63, 3.8) is 0 Å². The fourth-order valence-corrected chi connectivity index (χ4v) is 8.19. The zero-order valence-electron chi connectivity index (χ0n) is 28.4. The van der Waals surface area contributed by atoms with E-state index in [4.69, 9.17) is 14.5 Å². The molecule has 0 spiro atoms. The van der Waals surface area contributed by atoms with Gasteiger partial charge in [0.25, 0.3) is 0 Å². The lowest BCUT2D eigenvalue weighted by Crippen LogP contribution is -2.57. The number of rotatable bonds is 5. The standard InChI is InChI=1S/C36H46F2N6O3/c1-34(2,3)27-11-8-7-10-25(27)29-28(38)30-26(17-39-29)31(41-32(40-30)46-21-36-14-9-15-43(36)18-22(37)16-36)42-19-23-12-13-24(20-42)44(23)33(45)47-35(4,5)6/h7-8,10-11,17,22-24H,9,12-16,18-21H2,1-6H3/t22?,23-,24+,36?. The van der Waals surface area contributed by atoms with Crippen molar-refractivity contribution in [2.24, 2.45) is 0 Å². The molecule has 4 aliphatic rings. The van der Waals surface area contributed by atoms with Gasteiger partial charge in [-0.05, 0) is 64.0 Å². The van der Waals surface area contributed by atoms with Crippen LogP contribution >= 0.6 is 0 Å². The number of hydrogen-bond donors (Lipinski definition) is 0. The highest BCUT2D eigenvalue weighted by Gasteiger charge is 2.50. The number of amides is 1. The van der Waals surface area contributed by atoms with E-state index < -0.39 is 23.1 Å². The van der Waals surface area contributed by atoms with E-state index in [1.54, 1.807) is 6.20 Å². The molecular formula is C36H46F2N6O3. The van der Waals surface area contributed by atoms with Crippen molar-refractivity contribution in [3.8, 4) is 17.3 Å². The Hall–Kier alpha value is -3.60. The Labute approximate surface area is 275 Å². The molecule has 1 amide bonds. The van der Waals surface area contributed by atoms with Crippen molar-refractivity contribution in [2.45, 2.75) is 108 Å². The first kappa shape index (κ1) is 32.0. The van der Waals surface area contributed by atoms with Crippen LogP contribution in [0.2, 0.25) is 0 Å². The fraction of sp³-hybridized carbons (Fsp3) is 0.611. The predicted molar refractivity (Wildman–Crippen MR) is 177 cm³/mol. The number of piperazine rings is 1. The van der Waals surface area contributed by atoms with Crippen LogP contribution in [-0.4, -0.2) is 93.0 Å². The maximum atomic E-state index is 16.8. The Kier molecular flexibility index (Phi) is 7.84. The molecule has 0 radical (unpaired) electrons. The van der Waals surface area contributed by atoms with Gasteiger partial charge in [0.05, 0.1) is 23.0 Å². The van der Waals surface area contributed by atoms with E-state index in [1.165, 1.54) is 0 Å². The first-order valence-corrected chi connectivity index (χ1v) is 17.0. The van der Waals surface area contributed by atoms with Crippen LogP contribution in [0.1, 0.15) is 79.2 Å². The molecule has 0 N–H and O–H groups in total. The van der Waals surface area contributed by atoms with Crippen LogP contribution in [0.5, 0.6) is 6.01 Å². The topological polar surface area (TPSA) is 83.9 Å². The van der Waals surface area contributed by atoms with Crippen molar-refractivity contribution >= 4 is 22.8 Å². The smallest absolute Gasteiger partial charge is 0.410 e. The average molecular weight is 649 g/mol. The third-order valence-corrected chi connectivity index (χ3v) is 10.3. The van der Waals surface area contributed by atoms with Crippen molar-refractivity contribution in [3.05, 3.63) is 41.8 Å². The molecule has 6 heterocycles. The molecule has 0 saturated carbocycles. The van der Waals surface area contributed by atoms with E-state index in [2.05, 4.69) is 40.5 Å². The lowest BCUT2D eigenvalue weighted by molar-refractivity contribution is 0.0122. The molecule has 4 aliphatic heterocycles. The molecule has 4 saturated heterocycles. The van der Waals surface area contributed by atoms with Crippen LogP contribution in [0.3, 0.4) is 0 Å². The van der Waals surface area contributed by atoms with Crippen LogP contribution in [0.15, 0.2) is 30.5 Å². The minimum atomic E-state index is -0.891. The second kappa shape index (κ2) is 11.5. The van der Waals surface area contributed by atoms with Crippen molar-refractivity contribution < 1.29 is 23.0 Å². The molecule has 47 heavy (non-hydrogen) atoms. The van der Waals surface area contributed by atoms with Gasteiger partial charge in [0, 0.05) is 37.8 Å². The SMILES string of the molecule is CC(C)(C)OC(=O)N1[C@@H]2CC[C@H]1CN(c1nc(OCC34CCCN3CC(F)C4)nc3c(F)c(-c4ccccc4C(C)(C)C)ncc13)C2. The van der Waals surface area contributed by atoms with Gasteiger partial charge in [0.2, 0.25) is 0 Å². The van der Waals surface area contributed by atoms with Gasteiger partial charge in [-0.1, -0.05) is 45.0 Å². The van der Waals surface area contributed by atoms with Crippen LogP contribution < -0.4 is 9.64 Å². The van der Waals surface area contributed by atoms with E-state index in [-0.39, 0.29) is 47.4 Å². The summed E-state index contributed by atoms with van der Waals surface area (Å²) in [5.41, 5.74) is 0.829. The highest BCUT2D eigenvalue weighted by molar-refractivity contribution is 5.92. The third kappa shape index (κ3) is 5.89. The summed E-state index contributed by atoms with van der Waals surface area (Å²) in [7, 11) is 0. The molecule has 9 nitrogen and oxygen atoms in total. The first-order valence-electron chi connectivity index (χ1n) is 17.0. The minimum absolute atomic E-state index is 0.0677. The highest BCUT2D eigenvalue weighted by Crippen LogP contribution is 2.42. The Morgan fingerprint density at radius 1 is 1.04 bits per heavy atom. The zero-order valence-corrected chi connectivity index (χ0v) is 28.4. The summed E-state index contributed by atoms with van der Waals surface area (Å²) in [6.45, 7) is 14.4. The number of hydrogen-bond acceptors (Lipinski definition) is 8. The summed E-state index contributed by atoms with van der Waals surface area (Å²) in [6, 6.07) is 7.68. The van der Waals surface area contributed by atoms with E-state index in [9.17, 15) is 9.18 Å². The van der Waals surface area contributed by atoms with Gasteiger partial charge >= 0.3 is 12.1 Å². The van der Waals surface area contributed by atoms with Crippen molar-refractivity contribution in [1.29, 1.82) is 0 Å². The normalized spacial score (nSPS) is 26.3. The number of fused-ring (bicyclic) bond motifs is 4. The Bertz CT molecular complexity index is 1680. The van der Waals surface area contributed by atoms with E-state index in [0.717, 1.165) is 37.8 Å². The van der Waals surface area contributed by atoms with Crippen molar-refractivity contribution in [1.82, 2.24) is 24.8 Å². The number of alkyl halides is 1. The predicted octanol–water partition coefficient (Wildman–Crippen LogP) is 6.67. The highest BCUT2D eigenvalue weighted by atomic mass is 19.1. The maximum absolute atomic E-state index is 16.8. The number of carbonyl (C=O) groups excluding carboxylic acids is 1. The number of pyridine rings is 1. The van der Waals surface area contributed by atoms with Crippen LogP contribution in [0, 0.1) is 5.82 Å². The molecular weight excluding hydrogens is 602 g/mol. The zero-order chi connectivity index (χ0) is 33.3. The molecule has 2 unspecified atom stereocenters. The molecule has 1 aromatic carbocycles. The summed E-state index contributed by atoms with van der Waals surface area (Å²) >= 11 is 0. The molecule has 11 heteroatoms. The maximum Gasteiger partial charge on any atom is 0.410 e. The lowest BCUT2D eigenvalue weighted by Gasteiger charge is -2.42. The molecule has 4 atom stereocenters. The quantitative estimate of drug-likeness (QED) is 0.303. The van der Waals surface area contributed by atoms with Crippen LogP contribution in [0.25, 0.3) is 22.2 Å². The van der Waals surface area contributed by atoms with E-state index in [1.807, 2.05) is 49.9 Å². The Morgan fingerprint density at radius 2 is 1.77 bits per heavy atom. The summed E-state index contributed by atoms with van der Waals surface area (Å²) < 4.78 is 43.4. The molecule has 7 rings (SSSR count). The second-order valence-corrected chi connectivity index (χ2v) is 15.9. The third-order valence-electron chi connectivity index (χ3n) is 10.3. The number of benzene rings is 1. The van der Waals surface area contributed by atoms with E-state index >= 15 is 4.39 Å². The molecule has 252 valence electrons. The number of anilines is 1. The molecule has 3 aromatic rings. The first-order chi connectivity index (χ1) is 22.2. The van der Waals surface area contributed by atoms with Gasteiger partial charge in [-0.3, -0.25) is 14.8 Å². The lowest BCUT2D eigenvalue weighted by atomic mass is 9.83.